The van der Waals surface area contributed by atoms with Crippen LogP contribution in [0.25, 0.3) is 0 Å². The fraction of sp³-hybridized carbons (Fsp3) is 0.208. The maximum Gasteiger partial charge on any atom is 0.416 e. The van der Waals surface area contributed by atoms with Crippen molar-refractivity contribution >= 4 is 38.9 Å². The van der Waals surface area contributed by atoms with Gasteiger partial charge in [0.15, 0.2) is 6.61 Å². The Balaban J connectivity index is 1.44. The Morgan fingerprint density at radius 1 is 1.11 bits per heavy atom. The molecule has 6 nitrogen and oxygen atoms in total. The maximum atomic E-state index is 13.2. The average Bonchev–Trinajstić information content (AvgIpc) is 3.24. The molecule has 0 bridgehead atoms. The highest BCUT2D eigenvalue weighted by molar-refractivity contribution is 7.92. The summed E-state index contributed by atoms with van der Waals surface area (Å²) in [5.41, 5.74) is 0.934. The van der Waals surface area contributed by atoms with E-state index >= 15 is 0 Å². The number of carbonyl (C=O) groups excluding carboxylic acids is 1. The van der Waals surface area contributed by atoms with Gasteiger partial charge in [0.1, 0.15) is 5.75 Å². The molecular formula is C24H20ClF3N2O4S. The van der Waals surface area contributed by atoms with Crippen molar-refractivity contribution in [2.24, 2.45) is 0 Å². The van der Waals surface area contributed by atoms with Crippen LogP contribution in [0.4, 0.5) is 24.5 Å². The summed E-state index contributed by atoms with van der Waals surface area (Å²) in [4.78, 5) is 12.3. The predicted molar refractivity (Wildman–Crippen MR) is 126 cm³/mol. The zero-order chi connectivity index (χ0) is 25.4. The number of para-hydroxylation sites is 1. The highest BCUT2D eigenvalue weighted by Crippen LogP contribution is 2.35. The quantitative estimate of drug-likeness (QED) is 0.466. The Morgan fingerprint density at radius 2 is 1.86 bits per heavy atom. The number of hydrogen-bond donors (Lipinski definition) is 1. The molecule has 0 aliphatic carbocycles. The van der Waals surface area contributed by atoms with Crippen LogP contribution in [-0.4, -0.2) is 27.5 Å². The van der Waals surface area contributed by atoms with Crippen molar-refractivity contribution in [3.05, 3.63) is 82.4 Å². The minimum atomic E-state index is -4.59. The Hall–Kier alpha value is -3.24. The normalized spacial score (nSPS) is 13.5. The van der Waals surface area contributed by atoms with Crippen molar-refractivity contribution in [2.45, 2.75) is 24.4 Å². The van der Waals surface area contributed by atoms with Gasteiger partial charge in [0.2, 0.25) is 0 Å². The summed E-state index contributed by atoms with van der Waals surface area (Å²) in [5, 5.41) is 2.24. The summed E-state index contributed by atoms with van der Waals surface area (Å²) in [6.45, 7) is 1.46. The molecule has 1 aliphatic rings. The molecule has 1 N–H and O–H groups in total. The van der Waals surface area contributed by atoms with Gasteiger partial charge in [-0.3, -0.25) is 9.10 Å². The van der Waals surface area contributed by atoms with E-state index in [1.165, 1.54) is 22.5 Å². The van der Waals surface area contributed by atoms with Crippen LogP contribution in [0.1, 0.15) is 16.7 Å². The van der Waals surface area contributed by atoms with Crippen molar-refractivity contribution < 1.29 is 31.1 Å². The van der Waals surface area contributed by atoms with Gasteiger partial charge < -0.3 is 10.1 Å². The highest BCUT2D eigenvalue weighted by Gasteiger charge is 2.32. The first-order chi connectivity index (χ1) is 16.5. The summed E-state index contributed by atoms with van der Waals surface area (Å²) in [6.07, 6.45) is -3.96. The van der Waals surface area contributed by atoms with Gasteiger partial charge in [0.05, 0.1) is 26.9 Å². The van der Waals surface area contributed by atoms with Gasteiger partial charge in [-0.15, -0.1) is 0 Å². The van der Waals surface area contributed by atoms with Crippen LogP contribution in [0, 0.1) is 6.92 Å². The van der Waals surface area contributed by atoms with Crippen LogP contribution >= 0.6 is 11.6 Å². The van der Waals surface area contributed by atoms with Crippen molar-refractivity contribution in [1.82, 2.24) is 0 Å². The topological polar surface area (TPSA) is 75.7 Å². The second kappa shape index (κ2) is 9.43. The van der Waals surface area contributed by atoms with Gasteiger partial charge >= 0.3 is 6.18 Å². The first-order valence-corrected chi connectivity index (χ1v) is 12.3. The molecule has 0 unspecified atom stereocenters. The van der Waals surface area contributed by atoms with E-state index in [1.54, 1.807) is 19.1 Å². The summed E-state index contributed by atoms with van der Waals surface area (Å²) >= 11 is 5.89. The molecule has 1 aliphatic heterocycles. The molecule has 3 aromatic rings. The molecule has 3 aromatic carbocycles. The molecular weight excluding hydrogens is 505 g/mol. The molecule has 11 heteroatoms. The summed E-state index contributed by atoms with van der Waals surface area (Å²) in [5.74, 6) is -0.466. The molecule has 1 heterocycles. The third-order valence-corrected chi connectivity index (χ3v) is 7.64. The molecule has 0 fully saturated rings. The lowest BCUT2D eigenvalue weighted by molar-refractivity contribution is -0.137. The fourth-order valence-electron chi connectivity index (χ4n) is 3.76. The van der Waals surface area contributed by atoms with Crippen LogP contribution < -0.4 is 14.4 Å². The molecule has 1 amide bonds. The van der Waals surface area contributed by atoms with Crippen LogP contribution in [0.5, 0.6) is 5.75 Å². The van der Waals surface area contributed by atoms with E-state index in [9.17, 15) is 26.4 Å². The third-order valence-electron chi connectivity index (χ3n) is 5.51. The summed E-state index contributed by atoms with van der Waals surface area (Å²) in [7, 11) is -3.79. The molecule has 4 rings (SSSR count). The first kappa shape index (κ1) is 24.9. The Kier molecular flexibility index (Phi) is 6.70. The number of benzene rings is 3. The van der Waals surface area contributed by atoms with Gasteiger partial charge in [0.25, 0.3) is 15.9 Å². The summed E-state index contributed by atoms with van der Waals surface area (Å²) < 4.78 is 72.0. The average molecular weight is 525 g/mol. The number of nitrogens with zero attached hydrogens (tertiary/aromatic N) is 1. The van der Waals surface area contributed by atoms with Crippen molar-refractivity contribution in [3.63, 3.8) is 0 Å². The van der Waals surface area contributed by atoms with Crippen LogP contribution in [0.2, 0.25) is 5.02 Å². The molecule has 0 spiro atoms. The summed E-state index contributed by atoms with van der Waals surface area (Å²) in [6, 6.07) is 14.2. The number of carbonyl (C=O) groups is 1. The second-order valence-corrected chi connectivity index (χ2v) is 10.2. The minimum absolute atomic E-state index is 0.0550. The number of nitrogens with one attached hydrogen (secondary N) is 1. The second-order valence-electron chi connectivity index (χ2n) is 7.91. The molecule has 0 atom stereocenters. The smallest absolute Gasteiger partial charge is 0.416 e. The number of ether oxygens (including phenoxy) is 1. The van der Waals surface area contributed by atoms with Crippen LogP contribution in [0.15, 0.2) is 65.6 Å². The first-order valence-electron chi connectivity index (χ1n) is 10.5. The fourth-order valence-corrected chi connectivity index (χ4v) is 5.51. The molecule has 0 radical (unpaired) electrons. The Morgan fingerprint density at radius 3 is 2.57 bits per heavy atom. The minimum Gasteiger partial charge on any atom is -0.483 e. The van der Waals surface area contributed by atoms with Gasteiger partial charge in [-0.2, -0.15) is 13.2 Å². The maximum absolute atomic E-state index is 13.2. The number of amides is 1. The Bertz CT molecular complexity index is 1390. The zero-order valence-corrected chi connectivity index (χ0v) is 20.0. The van der Waals surface area contributed by atoms with E-state index < -0.39 is 34.3 Å². The van der Waals surface area contributed by atoms with Crippen molar-refractivity contribution in [3.8, 4) is 5.75 Å². The molecule has 184 valence electrons. The van der Waals surface area contributed by atoms with Crippen molar-refractivity contribution in [2.75, 3.05) is 22.8 Å². The lowest BCUT2D eigenvalue weighted by Crippen LogP contribution is -2.29. The number of rotatable bonds is 6. The van der Waals surface area contributed by atoms with E-state index in [0.717, 1.165) is 23.8 Å². The van der Waals surface area contributed by atoms with Crippen LogP contribution in [-0.2, 0) is 27.4 Å². The molecule has 35 heavy (non-hydrogen) atoms. The van der Waals surface area contributed by atoms with E-state index in [2.05, 4.69) is 5.32 Å². The van der Waals surface area contributed by atoms with Gasteiger partial charge in [0, 0.05) is 6.54 Å². The zero-order valence-electron chi connectivity index (χ0n) is 18.4. The van der Waals surface area contributed by atoms with E-state index in [-0.39, 0.29) is 21.4 Å². The van der Waals surface area contributed by atoms with Gasteiger partial charge in [-0.05, 0) is 66.9 Å². The SMILES string of the molecule is Cc1cc(S(=O)(=O)N2CCc3ccccc32)ccc1OCC(=O)Nc1cc(C(F)(F)F)ccc1Cl. The standard InChI is InChI=1S/C24H20ClF3N2O4S/c1-15-12-18(35(32,33)30-11-10-16-4-2-3-5-21(16)30)7-9-22(15)34-14-23(31)29-20-13-17(24(26,27)28)6-8-19(20)25/h2-9,12-13H,10-11,14H2,1H3,(H,29,31). The van der Waals surface area contributed by atoms with Crippen molar-refractivity contribution in [1.29, 1.82) is 0 Å². The van der Waals surface area contributed by atoms with Gasteiger partial charge in [-0.1, -0.05) is 29.8 Å². The van der Waals surface area contributed by atoms with Gasteiger partial charge in [-0.25, -0.2) is 8.42 Å². The van der Waals surface area contributed by atoms with E-state index in [4.69, 9.17) is 16.3 Å². The number of sulfonamides is 1. The van der Waals surface area contributed by atoms with E-state index in [0.29, 0.717) is 24.2 Å². The molecule has 0 saturated heterocycles. The number of anilines is 2. The number of alkyl halides is 3. The lowest BCUT2D eigenvalue weighted by Gasteiger charge is -2.20. The number of fused-ring (bicyclic) bond motifs is 1. The largest absolute Gasteiger partial charge is 0.483 e. The number of halogens is 4. The molecule has 0 aromatic heterocycles. The predicted octanol–water partition coefficient (Wildman–Crippen LogP) is 5.44. The third kappa shape index (κ3) is 5.23. The lowest BCUT2D eigenvalue weighted by atomic mass is 10.2. The number of hydrogen-bond acceptors (Lipinski definition) is 4. The number of aryl methyl sites for hydroxylation is 1. The monoisotopic (exact) mass is 524 g/mol. The Labute approximate surface area is 205 Å². The highest BCUT2D eigenvalue weighted by atomic mass is 35.5. The van der Waals surface area contributed by atoms with Crippen LogP contribution in [0.3, 0.4) is 0 Å². The molecule has 0 saturated carbocycles. The van der Waals surface area contributed by atoms with E-state index in [1.807, 2.05) is 12.1 Å².